The summed E-state index contributed by atoms with van der Waals surface area (Å²) in [5, 5.41) is 11.0. The third kappa shape index (κ3) is 6.52. The average molecular weight is 528 g/mol. The van der Waals surface area contributed by atoms with Gasteiger partial charge in [0.15, 0.2) is 5.96 Å². The number of benzene rings is 1. The Bertz CT molecular complexity index is 870. The first-order chi connectivity index (χ1) is 13.2. The Hall–Kier alpha value is -1.52. The maximum absolute atomic E-state index is 4.70. The van der Waals surface area contributed by atoms with E-state index in [1.54, 1.807) is 22.7 Å². The van der Waals surface area contributed by atoms with Gasteiger partial charge in [-0.2, -0.15) is 0 Å². The van der Waals surface area contributed by atoms with E-state index in [4.69, 9.17) is 4.98 Å². The fraction of sp³-hybridized carbons (Fsp3) is 0.350. The number of aryl methyl sites for hydroxylation is 2. The normalized spacial score (nSPS) is 11.2. The van der Waals surface area contributed by atoms with Crippen LogP contribution in [0.1, 0.15) is 27.5 Å². The average Bonchev–Trinajstić information content (AvgIpc) is 3.27. The first-order valence-electron chi connectivity index (χ1n) is 9.10. The second-order valence-corrected chi connectivity index (χ2v) is 8.34. The van der Waals surface area contributed by atoms with E-state index in [0.717, 1.165) is 47.4 Å². The number of halogens is 1. The molecule has 0 bridgehead atoms. The van der Waals surface area contributed by atoms with E-state index in [0.29, 0.717) is 6.54 Å². The minimum absolute atomic E-state index is 0. The van der Waals surface area contributed by atoms with E-state index in [-0.39, 0.29) is 24.0 Å². The zero-order valence-electron chi connectivity index (χ0n) is 16.4. The van der Waals surface area contributed by atoms with Crippen LogP contribution in [0.15, 0.2) is 40.7 Å². The number of nitrogens with zero attached hydrogens (tertiary/aromatic N) is 3. The highest BCUT2D eigenvalue weighted by molar-refractivity contribution is 14.0. The fourth-order valence-corrected chi connectivity index (χ4v) is 4.21. The SMILES string of the molecule is CCNC(=NCc1nc(-c2ccccc2)cs1)NCCc1nc(C)c(C)s1.I. The monoisotopic (exact) mass is 527 g/mol. The lowest BCUT2D eigenvalue weighted by Gasteiger charge is -2.10. The number of guanidine groups is 1. The van der Waals surface area contributed by atoms with Crippen LogP contribution < -0.4 is 10.6 Å². The van der Waals surface area contributed by atoms with Gasteiger partial charge in [0.2, 0.25) is 0 Å². The minimum atomic E-state index is 0. The molecule has 3 aromatic rings. The molecule has 0 saturated carbocycles. The van der Waals surface area contributed by atoms with E-state index in [2.05, 4.69) is 58.9 Å². The molecule has 0 radical (unpaired) electrons. The number of hydrogen-bond donors (Lipinski definition) is 2. The van der Waals surface area contributed by atoms with Crippen molar-refractivity contribution in [2.45, 2.75) is 33.7 Å². The first kappa shape index (κ1) is 22.8. The van der Waals surface area contributed by atoms with E-state index in [9.17, 15) is 0 Å². The van der Waals surface area contributed by atoms with Crippen molar-refractivity contribution in [3.8, 4) is 11.3 Å². The standard InChI is InChI=1S/C20H25N5S2.HI/c1-4-21-20(22-11-10-18-24-14(2)15(3)27-18)23-12-19-25-17(13-26-19)16-8-6-5-7-9-16;/h5-9,13H,4,10-12H2,1-3H3,(H2,21,22,23);1H. The van der Waals surface area contributed by atoms with Crippen LogP contribution >= 0.6 is 46.7 Å². The van der Waals surface area contributed by atoms with Crippen molar-refractivity contribution in [3.05, 3.63) is 56.3 Å². The van der Waals surface area contributed by atoms with Gasteiger partial charge in [0.1, 0.15) is 5.01 Å². The Morgan fingerprint density at radius 1 is 1.07 bits per heavy atom. The summed E-state index contributed by atoms with van der Waals surface area (Å²) in [4.78, 5) is 15.3. The molecule has 0 amide bonds. The Labute approximate surface area is 191 Å². The second-order valence-electron chi connectivity index (χ2n) is 6.11. The number of nitrogens with one attached hydrogen (secondary N) is 2. The lowest BCUT2D eigenvalue weighted by Crippen LogP contribution is -2.38. The predicted octanol–water partition coefficient (Wildman–Crippen LogP) is 4.80. The number of aromatic nitrogens is 2. The molecule has 5 nitrogen and oxygen atoms in total. The molecule has 0 spiro atoms. The van der Waals surface area contributed by atoms with Gasteiger partial charge in [0.25, 0.3) is 0 Å². The molecule has 2 N–H and O–H groups in total. The zero-order chi connectivity index (χ0) is 19.1. The molecule has 0 saturated heterocycles. The van der Waals surface area contributed by atoms with Crippen LogP contribution in [0.4, 0.5) is 0 Å². The van der Waals surface area contributed by atoms with Crippen LogP contribution in [0.25, 0.3) is 11.3 Å². The highest BCUT2D eigenvalue weighted by Crippen LogP contribution is 2.22. The zero-order valence-corrected chi connectivity index (χ0v) is 20.3. The predicted molar refractivity (Wildman–Crippen MR) is 131 cm³/mol. The fourth-order valence-electron chi connectivity index (χ4n) is 2.55. The minimum Gasteiger partial charge on any atom is -0.357 e. The molecule has 8 heteroatoms. The molecule has 1 aromatic carbocycles. The summed E-state index contributed by atoms with van der Waals surface area (Å²) in [5.74, 6) is 0.818. The highest BCUT2D eigenvalue weighted by Gasteiger charge is 2.06. The molecule has 0 atom stereocenters. The maximum atomic E-state index is 4.70. The lowest BCUT2D eigenvalue weighted by atomic mass is 10.2. The van der Waals surface area contributed by atoms with Gasteiger partial charge in [-0.15, -0.1) is 46.7 Å². The molecule has 2 aromatic heterocycles. The number of rotatable bonds is 7. The molecule has 0 aliphatic rings. The van der Waals surface area contributed by atoms with Crippen LogP contribution in [-0.2, 0) is 13.0 Å². The molecule has 0 aliphatic heterocycles. The van der Waals surface area contributed by atoms with Gasteiger partial charge in [-0.05, 0) is 20.8 Å². The smallest absolute Gasteiger partial charge is 0.191 e. The molecular formula is C20H26IN5S2. The van der Waals surface area contributed by atoms with Gasteiger partial charge < -0.3 is 10.6 Å². The Balaban J connectivity index is 0.00000280. The lowest BCUT2D eigenvalue weighted by molar-refractivity contribution is 0.795. The number of thiazole rings is 2. The van der Waals surface area contributed by atoms with Gasteiger partial charge in [-0.25, -0.2) is 15.0 Å². The summed E-state index contributed by atoms with van der Waals surface area (Å²) < 4.78 is 0. The van der Waals surface area contributed by atoms with Crippen LogP contribution in [0, 0.1) is 13.8 Å². The second kappa shape index (κ2) is 11.5. The molecule has 150 valence electrons. The molecule has 0 aliphatic carbocycles. The van der Waals surface area contributed by atoms with Gasteiger partial charge in [-0.1, -0.05) is 30.3 Å². The van der Waals surface area contributed by atoms with Gasteiger partial charge in [-0.3, -0.25) is 0 Å². The van der Waals surface area contributed by atoms with Gasteiger partial charge >= 0.3 is 0 Å². The molecular weight excluding hydrogens is 501 g/mol. The van der Waals surface area contributed by atoms with Crippen molar-refractivity contribution in [2.24, 2.45) is 4.99 Å². The third-order valence-corrected chi connectivity index (χ3v) is 6.01. The number of hydrogen-bond acceptors (Lipinski definition) is 5. The van der Waals surface area contributed by atoms with E-state index < -0.39 is 0 Å². The van der Waals surface area contributed by atoms with Crippen LogP contribution in [0.3, 0.4) is 0 Å². The first-order valence-corrected chi connectivity index (χ1v) is 10.8. The Kier molecular flexibility index (Phi) is 9.33. The molecule has 3 rings (SSSR count). The summed E-state index contributed by atoms with van der Waals surface area (Å²) in [6.45, 7) is 8.46. The maximum Gasteiger partial charge on any atom is 0.191 e. The third-order valence-electron chi connectivity index (χ3n) is 4.04. The molecule has 2 heterocycles. The summed E-state index contributed by atoms with van der Waals surface area (Å²) in [6, 6.07) is 10.2. The molecule has 28 heavy (non-hydrogen) atoms. The van der Waals surface area contributed by atoms with Crippen molar-refractivity contribution >= 4 is 52.6 Å². The summed E-state index contributed by atoms with van der Waals surface area (Å²) in [7, 11) is 0. The summed E-state index contributed by atoms with van der Waals surface area (Å²) in [6.07, 6.45) is 0.902. The largest absolute Gasteiger partial charge is 0.357 e. The number of aliphatic imine (C=N–C) groups is 1. The topological polar surface area (TPSA) is 62.2 Å². The van der Waals surface area contributed by atoms with Crippen LogP contribution in [-0.4, -0.2) is 29.0 Å². The van der Waals surface area contributed by atoms with Crippen molar-refractivity contribution in [2.75, 3.05) is 13.1 Å². The van der Waals surface area contributed by atoms with Gasteiger partial charge in [0, 0.05) is 35.3 Å². The quantitative estimate of drug-likeness (QED) is 0.263. The molecule has 0 unspecified atom stereocenters. The van der Waals surface area contributed by atoms with E-state index in [1.807, 2.05) is 18.2 Å². The van der Waals surface area contributed by atoms with Crippen LogP contribution in [0.5, 0.6) is 0 Å². The van der Waals surface area contributed by atoms with Crippen molar-refractivity contribution in [1.29, 1.82) is 0 Å². The Morgan fingerprint density at radius 3 is 2.54 bits per heavy atom. The highest BCUT2D eigenvalue weighted by atomic mass is 127. The van der Waals surface area contributed by atoms with Gasteiger partial charge in [0.05, 0.1) is 22.9 Å². The van der Waals surface area contributed by atoms with Crippen molar-refractivity contribution in [1.82, 2.24) is 20.6 Å². The van der Waals surface area contributed by atoms with Crippen molar-refractivity contribution < 1.29 is 0 Å². The summed E-state index contributed by atoms with van der Waals surface area (Å²) >= 11 is 3.42. The van der Waals surface area contributed by atoms with E-state index in [1.165, 1.54) is 9.88 Å². The Morgan fingerprint density at radius 2 is 1.86 bits per heavy atom. The van der Waals surface area contributed by atoms with E-state index >= 15 is 0 Å². The summed E-state index contributed by atoms with van der Waals surface area (Å²) in [5.41, 5.74) is 3.29. The van der Waals surface area contributed by atoms with Crippen LogP contribution in [0.2, 0.25) is 0 Å². The molecule has 0 fully saturated rings. The van der Waals surface area contributed by atoms with Crippen molar-refractivity contribution in [3.63, 3.8) is 0 Å².